The zero-order chi connectivity index (χ0) is 24.0. The molecule has 0 aliphatic carbocycles. The smallest absolute Gasteiger partial charge is 0.227 e. The molecule has 0 bridgehead atoms. The summed E-state index contributed by atoms with van der Waals surface area (Å²) >= 11 is 12.5. The van der Waals surface area contributed by atoms with Gasteiger partial charge >= 0.3 is 0 Å². The summed E-state index contributed by atoms with van der Waals surface area (Å²) in [6.45, 7) is 0. The number of nitrogens with zero attached hydrogens (tertiary/aromatic N) is 3. The van der Waals surface area contributed by atoms with Crippen LogP contribution in [-0.2, 0) is 17.4 Å². The van der Waals surface area contributed by atoms with E-state index in [0.29, 0.717) is 16.5 Å². The highest BCUT2D eigenvalue weighted by Crippen LogP contribution is 2.43. The van der Waals surface area contributed by atoms with E-state index < -0.39 is 5.54 Å². The summed E-state index contributed by atoms with van der Waals surface area (Å²) in [6.07, 6.45) is 3.89. The number of carbonyl (C=O) groups is 1. The van der Waals surface area contributed by atoms with Gasteiger partial charge in [0.15, 0.2) is 0 Å². The number of anilines is 1. The second-order valence-corrected chi connectivity index (χ2v) is 9.62. The highest BCUT2D eigenvalue weighted by molar-refractivity contribution is 6.30. The van der Waals surface area contributed by atoms with Crippen LogP contribution in [0.1, 0.15) is 40.3 Å². The van der Waals surface area contributed by atoms with E-state index in [1.54, 1.807) is 17.4 Å². The monoisotopic (exact) mass is 490 g/mol. The van der Waals surface area contributed by atoms with E-state index in [1.165, 1.54) is 0 Å². The van der Waals surface area contributed by atoms with Crippen molar-refractivity contribution in [3.05, 3.63) is 117 Å². The van der Waals surface area contributed by atoms with Gasteiger partial charge in [0.1, 0.15) is 5.54 Å². The predicted octanol–water partition coefficient (Wildman–Crippen LogP) is 5.48. The molecule has 2 N–H and O–H groups in total. The Morgan fingerprint density at radius 3 is 2.38 bits per heavy atom. The van der Waals surface area contributed by atoms with Gasteiger partial charge in [-0.25, -0.2) is 4.98 Å². The molecule has 4 aromatic rings. The van der Waals surface area contributed by atoms with Crippen LogP contribution in [0.4, 0.5) is 5.69 Å². The number of hydrogen-bond acceptors (Lipinski definition) is 3. The Balaban J connectivity index is 1.74. The zero-order valence-electron chi connectivity index (χ0n) is 18.9. The number of fused-ring (bicyclic) bond motifs is 1. The molecule has 2 unspecified atom stereocenters. The summed E-state index contributed by atoms with van der Waals surface area (Å²) in [5.74, 6) is -0.0630. The van der Waals surface area contributed by atoms with E-state index in [-0.39, 0.29) is 11.8 Å². The Hall–Kier alpha value is -3.12. The lowest BCUT2D eigenvalue weighted by atomic mass is 9.77. The van der Waals surface area contributed by atoms with Gasteiger partial charge in [0.05, 0.1) is 18.2 Å². The second-order valence-electron chi connectivity index (χ2n) is 8.74. The van der Waals surface area contributed by atoms with E-state index in [1.807, 2.05) is 79.3 Å². The number of aryl methyl sites for hydroxylation is 1. The molecule has 2 heterocycles. The van der Waals surface area contributed by atoms with Crippen LogP contribution in [0, 0.1) is 0 Å². The van der Waals surface area contributed by atoms with Crippen LogP contribution in [0.15, 0.2) is 79.3 Å². The van der Waals surface area contributed by atoms with Crippen molar-refractivity contribution in [2.75, 3.05) is 11.9 Å². The number of nitrogens with two attached hydrogens (primary N) is 1. The molecule has 5 nitrogen and oxygen atoms in total. The van der Waals surface area contributed by atoms with Crippen LogP contribution in [0.25, 0.3) is 0 Å². The largest absolute Gasteiger partial charge is 0.336 e. The maximum atomic E-state index is 12.8. The Morgan fingerprint density at radius 1 is 0.971 bits per heavy atom. The third-order valence-electron chi connectivity index (χ3n) is 6.74. The van der Waals surface area contributed by atoms with E-state index >= 15 is 0 Å². The minimum atomic E-state index is -0.982. The fourth-order valence-corrected chi connectivity index (χ4v) is 5.20. The van der Waals surface area contributed by atoms with Crippen molar-refractivity contribution >= 4 is 34.8 Å². The van der Waals surface area contributed by atoms with Crippen molar-refractivity contribution in [3.8, 4) is 0 Å². The van der Waals surface area contributed by atoms with Gasteiger partial charge in [-0.05, 0) is 52.6 Å². The number of benzene rings is 3. The van der Waals surface area contributed by atoms with Crippen LogP contribution in [0.3, 0.4) is 0 Å². The molecule has 7 heteroatoms. The lowest BCUT2D eigenvalue weighted by Crippen LogP contribution is -2.41. The molecule has 34 heavy (non-hydrogen) atoms. The van der Waals surface area contributed by atoms with Crippen molar-refractivity contribution in [1.82, 2.24) is 9.55 Å². The Kier molecular flexibility index (Phi) is 5.72. The molecule has 172 valence electrons. The fraction of sp³-hybridized carbons (Fsp3) is 0.185. The number of hydrogen-bond donors (Lipinski definition) is 1. The van der Waals surface area contributed by atoms with Gasteiger partial charge in [0.25, 0.3) is 0 Å². The van der Waals surface area contributed by atoms with Crippen LogP contribution >= 0.6 is 23.2 Å². The van der Waals surface area contributed by atoms with Gasteiger partial charge in [-0.3, -0.25) is 4.79 Å². The van der Waals surface area contributed by atoms with Crippen LogP contribution < -0.4 is 10.6 Å². The maximum Gasteiger partial charge on any atom is 0.227 e. The number of halogens is 2. The third kappa shape index (κ3) is 3.70. The average Bonchev–Trinajstić information content (AvgIpc) is 3.27. The zero-order valence-corrected chi connectivity index (χ0v) is 20.4. The molecule has 5 rings (SSSR count). The summed E-state index contributed by atoms with van der Waals surface area (Å²) in [5, 5.41) is 1.29. The topological polar surface area (TPSA) is 64.2 Å². The molecule has 0 saturated carbocycles. The van der Waals surface area contributed by atoms with Gasteiger partial charge < -0.3 is 15.2 Å². The first-order valence-electron chi connectivity index (χ1n) is 11.0. The molecule has 1 aliphatic rings. The number of rotatable bonds is 4. The molecular weight excluding hydrogens is 467 g/mol. The summed E-state index contributed by atoms with van der Waals surface area (Å²) in [7, 11) is 3.74. The fourth-order valence-electron chi connectivity index (χ4n) is 4.87. The molecular formula is C27H24Cl2N4O. The number of aromatic nitrogens is 2. The number of imidazole rings is 1. The number of carbonyl (C=O) groups excluding carboxylic acids is 1. The lowest BCUT2D eigenvalue weighted by Gasteiger charge is -2.36. The molecule has 0 saturated heterocycles. The van der Waals surface area contributed by atoms with E-state index in [2.05, 4.69) is 11.1 Å². The Bertz CT molecular complexity index is 1380. The molecule has 1 aliphatic heterocycles. The summed E-state index contributed by atoms with van der Waals surface area (Å²) < 4.78 is 1.93. The first-order chi connectivity index (χ1) is 16.3. The normalized spacial score (nSPS) is 17.4. The average molecular weight is 491 g/mol. The van der Waals surface area contributed by atoms with Gasteiger partial charge in [-0.1, -0.05) is 59.6 Å². The standard InChI is InChI=1S/C27H24Cl2N4O/c1-32-16-31-15-25(32)27(30,18-6-9-20(28)10-7-18)19-8-11-24-23(13-19)22(14-26(34)33(24)2)17-4-3-5-21(29)12-17/h3-13,15-16,22H,14,30H2,1-2H3. The molecule has 0 radical (unpaired) electrons. The molecule has 1 amide bonds. The minimum Gasteiger partial charge on any atom is -0.336 e. The lowest BCUT2D eigenvalue weighted by molar-refractivity contribution is -0.118. The van der Waals surface area contributed by atoms with Crippen LogP contribution in [0.5, 0.6) is 0 Å². The van der Waals surface area contributed by atoms with Gasteiger partial charge in [0, 0.05) is 42.2 Å². The van der Waals surface area contributed by atoms with Crippen molar-refractivity contribution in [1.29, 1.82) is 0 Å². The summed E-state index contributed by atoms with van der Waals surface area (Å²) in [6, 6.07) is 21.4. The quantitative estimate of drug-likeness (QED) is 0.412. The van der Waals surface area contributed by atoms with Gasteiger partial charge in [-0.2, -0.15) is 0 Å². The van der Waals surface area contributed by atoms with Crippen molar-refractivity contribution in [2.24, 2.45) is 12.8 Å². The Labute approximate surface area is 208 Å². The van der Waals surface area contributed by atoms with E-state index in [9.17, 15) is 4.79 Å². The highest BCUT2D eigenvalue weighted by atomic mass is 35.5. The summed E-state index contributed by atoms with van der Waals surface area (Å²) in [5.41, 5.74) is 11.8. The Morgan fingerprint density at radius 2 is 1.71 bits per heavy atom. The van der Waals surface area contributed by atoms with Gasteiger partial charge in [-0.15, -0.1) is 0 Å². The van der Waals surface area contributed by atoms with Crippen molar-refractivity contribution < 1.29 is 4.79 Å². The second kappa shape index (κ2) is 8.58. The molecule has 2 atom stereocenters. The van der Waals surface area contributed by atoms with E-state index in [4.69, 9.17) is 28.9 Å². The molecule has 1 aromatic heterocycles. The molecule has 0 spiro atoms. The van der Waals surface area contributed by atoms with Gasteiger partial charge in [0.2, 0.25) is 5.91 Å². The van der Waals surface area contributed by atoms with Crippen molar-refractivity contribution in [2.45, 2.75) is 17.9 Å². The predicted molar refractivity (Wildman–Crippen MR) is 136 cm³/mol. The SMILES string of the molecule is CN1C(=O)CC(c2cccc(Cl)c2)c2cc(C(N)(c3ccc(Cl)cc3)c3cncn3C)ccc21. The van der Waals surface area contributed by atoms with Crippen LogP contribution in [-0.4, -0.2) is 22.5 Å². The maximum absolute atomic E-state index is 12.8. The highest BCUT2D eigenvalue weighted by Gasteiger charge is 2.37. The molecule has 0 fully saturated rings. The first-order valence-corrected chi connectivity index (χ1v) is 11.7. The minimum absolute atomic E-state index is 0.0635. The first kappa shape index (κ1) is 22.7. The summed E-state index contributed by atoms with van der Waals surface area (Å²) in [4.78, 5) is 18.9. The van der Waals surface area contributed by atoms with Crippen LogP contribution in [0.2, 0.25) is 10.0 Å². The molecule has 3 aromatic carbocycles. The van der Waals surface area contributed by atoms with E-state index in [0.717, 1.165) is 33.6 Å². The third-order valence-corrected chi connectivity index (χ3v) is 7.23. The number of amides is 1. The van der Waals surface area contributed by atoms with Crippen molar-refractivity contribution in [3.63, 3.8) is 0 Å².